The third-order valence-electron chi connectivity index (χ3n) is 9.30. The Labute approximate surface area is 307 Å². The molecule has 0 atom stereocenters. The van der Waals surface area contributed by atoms with Crippen LogP contribution in [0.25, 0.3) is 72.4 Å². The van der Waals surface area contributed by atoms with Gasteiger partial charge in [-0.25, -0.2) is 4.98 Å². The Morgan fingerprint density at radius 3 is 2.08 bits per heavy atom. The number of pyridine rings is 1. The maximum absolute atomic E-state index is 11.1. The minimum absolute atomic E-state index is 0. The molecule has 4 nitrogen and oxygen atoms in total. The van der Waals surface area contributed by atoms with Gasteiger partial charge in [-0.15, -0.1) is 35.4 Å². The van der Waals surface area contributed by atoms with E-state index in [1.54, 1.807) is 6.07 Å². The Balaban J connectivity index is 0.00000392. The van der Waals surface area contributed by atoms with Crippen molar-refractivity contribution in [2.24, 2.45) is 0 Å². The summed E-state index contributed by atoms with van der Waals surface area (Å²) in [4.78, 5) is 10.1. The van der Waals surface area contributed by atoms with Gasteiger partial charge in [0.2, 0.25) is 0 Å². The summed E-state index contributed by atoms with van der Waals surface area (Å²) in [6.45, 7) is 8.69. The van der Waals surface area contributed by atoms with E-state index >= 15 is 0 Å². The number of rotatable bonds is 5. The number of hydrogen-bond donors (Lipinski definition) is 1. The molecule has 5 heteroatoms. The number of aromatic nitrogens is 3. The molecule has 0 aliphatic rings. The molecule has 6 aromatic carbocycles. The molecule has 0 saturated carbocycles. The molecular weight excluding hydrogens is 794 g/mol. The Bertz CT molecular complexity index is 2490. The van der Waals surface area contributed by atoms with Gasteiger partial charge in [0.25, 0.3) is 0 Å². The van der Waals surface area contributed by atoms with Crippen LogP contribution in [0.2, 0.25) is 0 Å². The van der Waals surface area contributed by atoms with E-state index in [2.05, 4.69) is 135 Å². The summed E-state index contributed by atoms with van der Waals surface area (Å²) in [5.74, 6) is 0.886. The van der Waals surface area contributed by atoms with Crippen LogP contribution in [0, 0.1) is 13.0 Å². The summed E-state index contributed by atoms with van der Waals surface area (Å²) < 4.78 is 2.16. The van der Waals surface area contributed by atoms with Crippen LogP contribution in [0.15, 0.2) is 140 Å². The van der Waals surface area contributed by atoms with Crippen molar-refractivity contribution in [3.63, 3.8) is 0 Å². The Hall–Kier alpha value is -5.31. The van der Waals surface area contributed by atoms with Crippen LogP contribution >= 0.6 is 0 Å². The Kier molecular flexibility index (Phi) is 8.76. The summed E-state index contributed by atoms with van der Waals surface area (Å²) in [6, 6.07) is 49.5. The molecule has 50 heavy (non-hydrogen) atoms. The first kappa shape index (κ1) is 33.2. The molecule has 2 aromatic heterocycles. The molecule has 0 saturated heterocycles. The zero-order chi connectivity index (χ0) is 33.7. The molecule has 0 amide bonds. The van der Waals surface area contributed by atoms with Crippen molar-refractivity contribution in [3.8, 4) is 56.2 Å². The van der Waals surface area contributed by atoms with Crippen molar-refractivity contribution in [1.29, 1.82) is 0 Å². The summed E-state index contributed by atoms with van der Waals surface area (Å²) in [5, 5.41) is 12.2. The first-order valence-electron chi connectivity index (χ1n) is 16.6. The molecular formula is C45H36N3OPt-. The van der Waals surface area contributed by atoms with E-state index in [0.717, 1.165) is 66.6 Å². The normalized spacial score (nSPS) is 11.5. The van der Waals surface area contributed by atoms with Crippen LogP contribution in [-0.2, 0) is 26.5 Å². The molecule has 8 rings (SSSR count). The summed E-state index contributed by atoms with van der Waals surface area (Å²) in [5.41, 5.74) is 13.0. The number of benzene rings is 6. The number of imidazole rings is 1. The average Bonchev–Trinajstić information content (AvgIpc) is 3.52. The zero-order valence-corrected chi connectivity index (χ0v) is 30.7. The molecule has 0 unspecified atom stereocenters. The SMILES string of the molecule is Cc1ccc(O)c(-c2nc3c(-c4[c-]c(-c5ccc(-c6ccccc6)c6cccnc56)ccc4)cccc3n2-c2ccc(C(C)(C)C)cc2)c1.[Pt]. The smallest absolute Gasteiger partial charge is 0.148 e. The van der Waals surface area contributed by atoms with Gasteiger partial charge in [-0.2, -0.15) is 0 Å². The van der Waals surface area contributed by atoms with E-state index in [0.29, 0.717) is 11.4 Å². The number of phenolic OH excluding ortho intramolecular Hbond substituents is 1. The fourth-order valence-electron chi connectivity index (χ4n) is 6.74. The predicted molar refractivity (Wildman–Crippen MR) is 202 cm³/mol. The molecule has 2 heterocycles. The number of aryl methyl sites for hydroxylation is 1. The van der Waals surface area contributed by atoms with E-state index in [-0.39, 0.29) is 32.2 Å². The van der Waals surface area contributed by atoms with Gasteiger partial charge in [0, 0.05) is 43.9 Å². The molecule has 0 bridgehead atoms. The van der Waals surface area contributed by atoms with E-state index in [1.165, 1.54) is 5.56 Å². The second-order valence-corrected chi connectivity index (χ2v) is 13.7. The maximum atomic E-state index is 11.1. The van der Waals surface area contributed by atoms with Crippen LogP contribution < -0.4 is 0 Å². The van der Waals surface area contributed by atoms with Crippen molar-refractivity contribution in [2.45, 2.75) is 33.1 Å². The van der Waals surface area contributed by atoms with E-state index < -0.39 is 0 Å². The molecule has 0 spiro atoms. The van der Waals surface area contributed by atoms with Crippen molar-refractivity contribution >= 4 is 21.9 Å². The van der Waals surface area contributed by atoms with Gasteiger partial charge in [-0.3, -0.25) is 9.55 Å². The fraction of sp³-hybridized carbons (Fsp3) is 0.111. The van der Waals surface area contributed by atoms with Crippen LogP contribution in [0.4, 0.5) is 0 Å². The van der Waals surface area contributed by atoms with Gasteiger partial charge < -0.3 is 5.11 Å². The minimum atomic E-state index is 0. The van der Waals surface area contributed by atoms with Gasteiger partial charge in [0.05, 0.1) is 16.6 Å². The summed E-state index contributed by atoms with van der Waals surface area (Å²) in [7, 11) is 0. The number of fused-ring (bicyclic) bond motifs is 2. The van der Waals surface area contributed by atoms with Crippen LogP contribution in [0.3, 0.4) is 0 Å². The molecule has 0 radical (unpaired) electrons. The number of para-hydroxylation sites is 1. The predicted octanol–water partition coefficient (Wildman–Crippen LogP) is 11.4. The molecule has 248 valence electrons. The second kappa shape index (κ2) is 13.2. The molecule has 0 aliphatic carbocycles. The van der Waals surface area contributed by atoms with Gasteiger partial charge in [-0.05, 0) is 65.4 Å². The standard InChI is InChI=1S/C45H36N3O.Pt/c1-29-18-25-41(49)39(27-29)44-47-43-36(15-9-17-40(43)48(44)34-21-19-33(20-22-34)45(2,3)4)31-13-8-14-32(28-31)37-24-23-35(30-11-6-5-7-12-30)38-16-10-26-46-42(37)38;/h5-27,49H,1-4H3;/q-1;. The van der Waals surface area contributed by atoms with Gasteiger partial charge in [0.1, 0.15) is 11.6 Å². The van der Waals surface area contributed by atoms with Crippen molar-refractivity contribution in [3.05, 3.63) is 157 Å². The van der Waals surface area contributed by atoms with Crippen LogP contribution in [-0.4, -0.2) is 19.6 Å². The number of hydrogen-bond acceptors (Lipinski definition) is 3. The zero-order valence-electron chi connectivity index (χ0n) is 28.4. The number of nitrogens with zero attached hydrogens (tertiary/aromatic N) is 3. The third kappa shape index (κ3) is 5.95. The van der Waals surface area contributed by atoms with E-state index in [1.807, 2.05) is 37.4 Å². The van der Waals surface area contributed by atoms with Crippen molar-refractivity contribution in [1.82, 2.24) is 14.5 Å². The quantitative estimate of drug-likeness (QED) is 0.176. The average molecular weight is 830 g/mol. The summed E-state index contributed by atoms with van der Waals surface area (Å²) in [6.07, 6.45) is 1.86. The Morgan fingerprint density at radius 1 is 0.640 bits per heavy atom. The largest absolute Gasteiger partial charge is 0.507 e. The van der Waals surface area contributed by atoms with Crippen LogP contribution in [0.1, 0.15) is 31.9 Å². The second-order valence-electron chi connectivity index (χ2n) is 13.7. The third-order valence-corrected chi connectivity index (χ3v) is 9.30. The van der Waals surface area contributed by atoms with Crippen LogP contribution in [0.5, 0.6) is 5.75 Å². The van der Waals surface area contributed by atoms with Crippen molar-refractivity contribution in [2.75, 3.05) is 0 Å². The number of phenols is 1. The number of aromatic hydroxyl groups is 1. The topological polar surface area (TPSA) is 50.9 Å². The van der Waals surface area contributed by atoms with Gasteiger partial charge in [-0.1, -0.05) is 116 Å². The monoisotopic (exact) mass is 829 g/mol. The van der Waals surface area contributed by atoms with Crippen molar-refractivity contribution < 1.29 is 26.2 Å². The maximum Gasteiger partial charge on any atom is 0.148 e. The fourth-order valence-corrected chi connectivity index (χ4v) is 6.74. The van der Waals surface area contributed by atoms with Gasteiger partial charge in [0.15, 0.2) is 0 Å². The summed E-state index contributed by atoms with van der Waals surface area (Å²) >= 11 is 0. The first-order valence-corrected chi connectivity index (χ1v) is 16.6. The Morgan fingerprint density at radius 2 is 1.34 bits per heavy atom. The molecule has 0 fully saturated rings. The van der Waals surface area contributed by atoms with E-state index in [4.69, 9.17) is 9.97 Å². The molecule has 8 aromatic rings. The minimum Gasteiger partial charge on any atom is -0.507 e. The van der Waals surface area contributed by atoms with Gasteiger partial charge >= 0.3 is 0 Å². The first-order chi connectivity index (χ1) is 23.8. The molecule has 1 N–H and O–H groups in total. The molecule has 0 aliphatic heterocycles. The van der Waals surface area contributed by atoms with E-state index in [9.17, 15) is 5.11 Å².